The minimum Gasteiger partial charge on any atom is -0.469 e. The summed E-state index contributed by atoms with van der Waals surface area (Å²) in [5.74, 6) is -0.636. The second-order valence-electron chi connectivity index (χ2n) is 3.20. The van der Waals surface area contributed by atoms with Crippen LogP contribution < -0.4 is 5.73 Å². The lowest BCUT2D eigenvalue weighted by atomic mass is 10.0. The average Bonchev–Trinajstić information content (AvgIpc) is 2.27. The summed E-state index contributed by atoms with van der Waals surface area (Å²) in [4.78, 5) is 21.2. The van der Waals surface area contributed by atoms with E-state index in [-0.39, 0.29) is 28.9 Å². The molecule has 0 atom stereocenters. The number of hydrogen-bond donors (Lipinski definition) is 1. The molecule has 0 aromatic heterocycles. The maximum Gasteiger partial charge on any atom is 0.310 e. The van der Waals surface area contributed by atoms with Crippen molar-refractivity contribution < 1.29 is 14.5 Å². The summed E-state index contributed by atoms with van der Waals surface area (Å²) in [5, 5.41) is 19.5. The van der Waals surface area contributed by atoms with Crippen LogP contribution in [-0.2, 0) is 16.0 Å². The molecule has 7 heteroatoms. The number of nitriles is 1. The van der Waals surface area contributed by atoms with Crippen molar-refractivity contribution in [1.82, 2.24) is 0 Å². The lowest BCUT2D eigenvalue weighted by Crippen LogP contribution is -2.09. The van der Waals surface area contributed by atoms with Gasteiger partial charge in [-0.25, -0.2) is 0 Å². The Bertz CT molecular complexity index is 519. The van der Waals surface area contributed by atoms with Crippen molar-refractivity contribution in [3.8, 4) is 6.07 Å². The summed E-state index contributed by atoms with van der Waals surface area (Å²) in [6, 6.07) is 4.26. The fourth-order valence-corrected chi connectivity index (χ4v) is 1.37. The van der Waals surface area contributed by atoms with Crippen LogP contribution in [0, 0.1) is 21.4 Å². The summed E-state index contributed by atoms with van der Waals surface area (Å²) in [5.41, 5.74) is 5.19. The van der Waals surface area contributed by atoms with E-state index in [0.717, 1.165) is 0 Å². The van der Waals surface area contributed by atoms with Gasteiger partial charge in [0.1, 0.15) is 5.69 Å². The molecule has 0 fully saturated rings. The number of anilines is 1. The van der Waals surface area contributed by atoms with E-state index in [1.807, 2.05) is 6.07 Å². The monoisotopic (exact) mass is 235 g/mol. The average molecular weight is 235 g/mol. The fraction of sp³-hybridized carbons (Fsp3) is 0.200. The lowest BCUT2D eigenvalue weighted by molar-refractivity contribution is -0.384. The third-order valence-corrected chi connectivity index (χ3v) is 2.09. The summed E-state index contributed by atoms with van der Waals surface area (Å²) in [7, 11) is 1.17. The smallest absolute Gasteiger partial charge is 0.310 e. The molecule has 0 spiro atoms. The molecule has 0 saturated heterocycles. The van der Waals surface area contributed by atoms with Gasteiger partial charge in [0, 0.05) is 5.56 Å². The first kappa shape index (κ1) is 12.4. The number of nitrogens with two attached hydrogens (primary N) is 1. The number of hydrogen-bond acceptors (Lipinski definition) is 6. The molecule has 0 aliphatic carbocycles. The van der Waals surface area contributed by atoms with Gasteiger partial charge in [0.05, 0.1) is 30.1 Å². The number of carbonyl (C=O) groups excluding carboxylic acids is 1. The van der Waals surface area contributed by atoms with E-state index in [2.05, 4.69) is 4.74 Å². The van der Waals surface area contributed by atoms with E-state index in [4.69, 9.17) is 11.0 Å². The van der Waals surface area contributed by atoms with E-state index in [1.165, 1.54) is 19.2 Å². The molecule has 1 aromatic rings. The number of nitro benzene ring substituents is 1. The van der Waals surface area contributed by atoms with Crippen LogP contribution >= 0.6 is 0 Å². The largest absolute Gasteiger partial charge is 0.469 e. The number of rotatable bonds is 3. The summed E-state index contributed by atoms with van der Waals surface area (Å²) >= 11 is 0. The standard InChI is InChI=1S/C10H9N3O4/c1-17-9(14)4-7-2-6(5-11)3-8(12)10(7)13(15)16/h2-3H,4,12H2,1H3. The number of nitro groups is 1. The molecule has 0 bridgehead atoms. The highest BCUT2D eigenvalue weighted by Gasteiger charge is 2.21. The molecule has 0 radical (unpaired) electrons. The number of esters is 1. The summed E-state index contributed by atoms with van der Waals surface area (Å²) in [6.45, 7) is 0. The van der Waals surface area contributed by atoms with Crippen molar-refractivity contribution in [2.24, 2.45) is 0 Å². The van der Waals surface area contributed by atoms with Crippen LogP contribution in [0.25, 0.3) is 0 Å². The predicted molar refractivity (Wildman–Crippen MR) is 57.9 cm³/mol. The zero-order valence-electron chi connectivity index (χ0n) is 8.97. The van der Waals surface area contributed by atoms with E-state index in [0.29, 0.717) is 0 Å². The molecular weight excluding hydrogens is 226 g/mol. The van der Waals surface area contributed by atoms with Crippen molar-refractivity contribution in [2.45, 2.75) is 6.42 Å². The van der Waals surface area contributed by atoms with Crippen LogP contribution in [0.3, 0.4) is 0 Å². The Morgan fingerprint density at radius 1 is 1.65 bits per heavy atom. The van der Waals surface area contributed by atoms with Gasteiger partial charge in [0.15, 0.2) is 0 Å². The van der Waals surface area contributed by atoms with Gasteiger partial charge in [-0.1, -0.05) is 0 Å². The molecule has 0 aliphatic heterocycles. The van der Waals surface area contributed by atoms with E-state index >= 15 is 0 Å². The first-order valence-corrected chi connectivity index (χ1v) is 4.53. The minimum absolute atomic E-state index is 0.0680. The molecule has 17 heavy (non-hydrogen) atoms. The van der Waals surface area contributed by atoms with Gasteiger partial charge in [-0.2, -0.15) is 5.26 Å². The van der Waals surface area contributed by atoms with Crippen LogP contribution in [-0.4, -0.2) is 18.0 Å². The van der Waals surface area contributed by atoms with Crippen LogP contribution in [0.2, 0.25) is 0 Å². The first-order valence-electron chi connectivity index (χ1n) is 4.53. The molecule has 0 unspecified atom stereocenters. The zero-order chi connectivity index (χ0) is 13.0. The Balaban J connectivity index is 3.33. The third-order valence-electron chi connectivity index (χ3n) is 2.09. The van der Waals surface area contributed by atoms with Crippen molar-refractivity contribution >= 4 is 17.3 Å². The van der Waals surface area contributed by atoms with E-state index in [9.17, 15) is 14.9 Å². The van der Waals surface area contributed by atoms with Gasteiger partial charge in [-0.3, -0.25) is 14.9 Å². The number of nitrogen functional groups attached to an aromatic ring is 1. The Morgan fingerprint density at radius 2 is 2.29 bits per heavy atom. The Morgan fingerprint density at radius 3 is 2.76 bits per heavy atom. The predicted octanol–water partition coefficient (Wildman–Crippen LogP) is 0.764. The SMILES string of the molecule is COC(=O)Cc1cc(C#N)cc(N)c1[N+](=O)[O-]. The maximum absolute atomic E-state index is 11.1. The topological polar surface area (TPSA) is 119 Å². The third kappa shape index (κ3) is 2.69. The van der Waals surface area contributed by atoms with Gasteiger partial charge in [0.2, 0.25) is 0 Å². The van der Waals surface area contributed by atoms with E-state index < -0.39 is 10.9 Å². The number of carbonyl (C=O) groups is 1. The minimum atomic E-state index is -0.686. The number of methoxy groups -OCH3 is 1. The van der Waals surface area contributed by atoms with Gasteiger partial charge < -0.3 is 10.5 Å². The fourth-order valence-electron chi connectivity index (χ4n) is 1.37. The quantitative estimate of drug-likeness (QED) is 0.357. The molecule has 0 amide bonds. The number of ether oxygens (including phenoxy) is 1. The molecular formula is C10H9N3O4. The first-order chi connectivity index (χ1) is 7.99. The molecule has 2 N–H and O–H groups in total. The van der Waals surface area contributed by atoms with Crippen molar-refractivity contribution in [3.63, 3.8) is 0 Å². The van der Waals surface area contributed by atoms with Crippen LogP contribution in [0.5, 0.6) is 0 Å². The number of benzene rings is 1. The van der Waals surface area contributed by atoms with Gasteiger partial charge in [-0.15, -0.1) is 0 Å². The highest BCUT2D eigenvalue weighted by Crippen LogP contribution is 2.28. The van der Waals surface area contributed by atoms with Crippen LogP contribution in [0.4, 0.5) is 11.4 Å². The molecule has 88 valence electrons. The van der Waals surface area contributed by atoms with Gasteiger partial charge in [0.25, 0.3) is 5.69 Å². The van der Waals surface area contributed by atoms with Crippen molar-refractivity contribution in [2.75, 3.05) is 12.8 Å². The zero-order valence-corrected chi connectivity index (χ0v) is 8.97. The van der Waals surface area contributed by atoms with Crippen molar-refractivity contribution in [3.05, 3.63) is 33.4 Å². The second kappa shape index (κ2) is 4.94. The highest BCUT2D eigenvalue weighted by atomic mass is 16.6. The molecule has 0 aliphatic rings. The normalized spacial score (nSPS) is 9.41. The molecule has 7 nitrogen and oxygen atoms in total. The van der Waals surface area contributed by atoms with Gasteiger partial charge in [-0.05, 0) is 12.1 Å². The number of nitrogens with zero attached hydrogens (tertiary/aromatic N) is 2. The molecule has 0 heterocycles. The lowest BCUT2D eigenvalue weighted by Gasteiger charge is -2.05. The van der Waals surface area contributed by atoms with Gasteiger partial charge >= 0.3 is 5.97 Å². The van der Waals surface area contributed by atoms with Crippen LogP contribution in [0.15, 0.2) is 12.1 Å². The second-order valence-corrected chi connectivity index (χ2v) is 3.20. The Labute approximate surface area is 96.6 Å². The van der Waals surface area contributed by atoms with Crippen molar-refractivity contribution in [1.29, 1.82) is 5.26 Å². The Kier molecular flexibility index (Phi) is 3.62. The molecule has 0 saturated carbocycles. The summed E-state index contributed by atoms with van der Waals surface area (Å²) in [6.07, 6.45) is -0.299. The molecule has 1 aromatic carbocycles. The highest BCUT2D eigenvalue weighted by molar-refractivity contribution is 5.77. The summed E-state index contributed by atoms with van der Waals surface area (Å²) < 4.78 is 4.42. The van der Waals surface area contributed by atoms with E-state index in [1.54, 1.807) is 0 Å². The Hall–Kier alpha value is -2.62. The maximum atomic E-state index is 11.1. The van der Waals surface area contributed by atoms with Crippen LogP contribution in [0.1, 0.15) is 11.1 Å². The molecule has 1 rings (SSSR count).